The number of hydrogen-bond acceptors (Lipinski definition) is 3. The summed E-state index contributed by atoms with van der Waals surface area (Å²) in [5.74, 6) is 0.909. The van der Waals surface area contributed by atoms with Gasteiger partial charge in [0.15, 0.2) is 0 Å². The molecule has 0 atom stereocenters. The SMILES string of the molecule is CN(C)[C@H]1CC[C@@H](Oc2ccc(C(C)(C)C)nc2)CC1. The number of pyridine rings is 1. The Morgan fingerprint density at radius 3 is 2.20 bits per heavy atom. The molecule has 0 aromatic carbocycles. The highest BCUT2D eigenvalue weighted by molar-refractivity contribution is 5.23. The Morgan fingerprint density at radius 1 is 1.10 bits per heavy atom. The number of nitrogens with zero attached hydrogens (tertiary/aromatic N) is 2. The first kappa shape index (κ1) is 15.3. The van der Waals surface area contributed by atoms with E-state index < -0.39 is 0 Å². The van der Waals surface area contributed by atoms with Crippen molar-refractivity contribution >= 4 is 0 Å². The van der Waals surface area contributed by atoms with Crippen molar-refractivity contribution in [2.45, 2.75) is 64.0 Å². The average molecular weight is 276 g/mol. The maximum atomic E-state index is 6.07. The van der Waals surface area contributed by atoms with Crippen molar-refractivity contribution in [2.75, 3.05) is 14.1 Å². The molecule has 0 unspecified atom stereocenters. The number of aromatic nitrogens is 1. The van der Waals surface area contributed by atoms with Crippen LogP contribution in [0.3, 0.4) is 0 Å². The summed E-state index contributed by atoms with van der Waals surface area (Å²) in [6, 6.07) is 4.86. The molecular formula is C17H28N2O. The Morgan fingerprint density at radius 2 is 1.75 bits per heavy atom. The minimum atomic E-state index is 0.0995. The summed E-state index contributed by atoms with van der Waals surface area (Å²) in [5, 5.41) is 0. The molecule has 3 heteroatoms. The molecule has 2 rings (SSSR count). The Bertz CT molecular complexity index is 412. The second kappa shape index (κ2) is 6.13. The Balaban J connectivity index is 1.89. The van der Waals surface area contributed by atoms with Gasteiger partial charge in [0.1, 0.15) is 5.75 Å². The van der Waals surface area contributed by atoms with Crippen LogP contribution in [-0.4, -0.2) is 36.1 Å². The molecule has 0 spiro atoms. The van der Waals surface area contributed by atoms with Gasteiger partial charge in [-0.25, -0.2) is 0 Å². The van der Waals surface area contributed by atoms with E-state index in [9.17, 15) is 0 Å². The fourth-order valence-electron chi connectivity index (χ4n) is 2.77. The lowest BCUT2D eigenvalue weighted by Crippen LogP contribution is -2.35. The molecule has 0 bridgehead atoms. The summed E-state index contributed by atoms with van der Waals surface area (Å²) in [6.45, 7) is 6.54. The zero-order valence-electron chi connectivity index (χ0n) is 13.5. The molecule has 0 saturated heterocycles. The van der Waals surface area contributed by atoms with Crippen LogP contribution in [0.25, 0.3) is 0 Å². The first-order valence-corrected chi connectivity index (χ1v) is 7.66. The van der Waals surface area contributed by atoms with Crippen LogP contribution in [0.15, 0.2) is 18.3 Å². The second-order valence-corrected chi connectivity index (χ2v) is 7.14. The largest absolute Gasteiger partial charge is 0.489 e. The van der Waals surface area contributed by atoms with Crippen molar-refractivity contribution < 1.29 is 4.74 Å². The van der Waals surface area contributed by atoms with Gasteiger partial charge in [-0.05, 0) is 51.9 Å². The molecule has 1 aromatic rings. The molecule has 0 N–H and O–H groups in total. The number of ether oxygens (including phenoxy) is 1. The maximum absolute atomic E-state index is 6.07. The summed E-state index contributed by atoms with van der Waals surface area (Å²) >= 11 is 0. The van der Waals surface area contributed by atoms with Crippen LogP contribution in [0.4, 0.5) is 0 Å². The lowest BCUT2D eigenvalue weighted by atomic mass is 9.91. The molecule has 3 nitrogen and oxygen atoms in total. The van der Waals surface area contributed by atoms with Gasteiger partial charge < -0.3 is 9.64 Å². The Hall–Kier alpha value is -1.09. The van der Waals surface area contributed by atoms with Crippen LogP contribution in [0.5, 0.6) is 5.75 Å². The van der Waals surface area contributed by atoms with E-state index in [1.165, 1.54) is 12.8 Å². The summed E-state index contributed by atoms with van der Waals surface area (Å²) in [6.07, 6.45) is 6.97. The van der Waals surface area contributed by atoms with Crippen molar-refractivity contribution in [3.63, 3.8) is 0 Å². The van der Waals surface area contributed by atoms with Crippen LogP contribution < -0.4 is 4.74 Å². The van der Waals surface area contributed by atoms with E-state index in [1.54, 1.807) is 0 Å². The fraction of sp³-hybridized carbons (Fsp3) is 0.706. The molecule has 0 aliphatic heterocycles. The van der Waals surface area contributed by atoms with Gasteiger partial charge in [0.05, 0.1) is 12.3 Å². The molecule has 0 radical (unpaired) electrons. The van der Waals surface area contributed by atoms with Crippen molar-refractivity contribution in [3.05, 3.63) is 24.0 Å². The van der Waals surface area contributed by atoms with E-state index in [0.717, 1.165) is 30.3 Å². The maximum Gasteiger partial charge on any atom is 0.138 e. The standard InChI is InChI=1S/C17H28N2O/c1-17(2,3)16-11-10-15(12-18-16)20-14-8-6-13(7-9-14)19(4)5/h10-14H,6-9H2,1-5H3/t13-,14+. The number of rotatable bonds is 3. The molecule has 1 fully saturated rings. The summed E-state index contributed by atoms with van der Waals surface area (Å²) in [4.78, 5) is 6.85. The zero-order chi connectivity index (χ0) is 14.8. The van der Waals surface area contributed by atoms with Crippen molar-refractivity contribution in [3.8, 4) is 5.75 Å². The first-order chi connectivity index (χ1) is 9.36. The smallest absolute Gasteiger partial charge is 0.138 e. The monoisotopic (exact) mass is 276 g/mol. The molecule has 1 aliphatic rings. The highest BCUT2D eigenvalue weighted by atomic mass is 16.5. The topological polar surface area (TPSA) is 25.4 Å². The van der Waals surface area contributed by atoms with Crippen LogP contribution >= 0.6 is 0 Å². The van der Waals surface area contributed by atoms with Crippen molar-refractivity contribution in [1.29, 1.82) is 0 Å². The predicted octanol–water partition coefficient (Wildman–Crippen LogP) is 3.63. The normalized spacial score (nSPS) is 23.9. The van der Waals surface area contributed by atoms with Gasteiger partial charge in [-0.3, -0.25) is 4.98 Å². The highest BCUT2D eigenvalue weighted by Crippen LogP contribution is 2.27. The average Bonchev–Trinajstić information content (AvgIpc) is 2.39. The molecule has 20 heavy (non-hydrogen) atoms. The third-order valence-corrected chi connectivity index (χ3v) is 4.18. The summed E-state index contributed by atoms with van der Waals surface area (Å²) < 4.78 is 6.07. The molecule has 1 aliphatic carbocycles. The molecular weight excluding hydrogens is 248 g/mol. The van der Waals surface area contributed by atoms with Crippen LogP contribution in [0.2, 0.25) is 0 Å². The Labute approximate surface area is 123 Å². The second-order valence-electron chi connectivity index (χ2n) is 7.14. The van der Waals surface area contributed by atoms with Crippen LogP contribution in [0, 0.1) is 0 Å². The van der Waals surface area contributed by atoms with E-state index in [-0.39, 0.29) is 5.41 Å². The van der Waals surface area contributed by atoms with E-state index in [2.05, 4.69) is 56.9 Å². The van der Waals surface area contributed by atoms with E-state index >= 15 is 0 Å². The van der Waals surface area contributed by atoms with Gasteiger partial charge in [0.25, 0.3) is 0 Å². The van der Waals surface area contributed by atoms with Gasteiger partial charge >= 0.3 is 0 Å². The quantitative estimate of drug-likeness (QED) is 0.843. The molecule has 112 valence electrons. The third-order valence-electron chi connectivity index (χ3n) is 4.18. The summed E-state index contributed by atoms with van der Waals surface area (Å²) in [7, 11) is 4.34. The Kier molecular flexibility index (Phi) is 4.69. The predicted molar refractivity (Wildman–Crippen MR) is 83.3 cm³/mol. The van der Waals surface area contributed by atoms with Crippen molar-refractivity contribution in [1.82, 2.24) is 9.88 Å². The van der Waals surface area contributed by atoms with Gasteiger partial charge in [-0.2, -0.15) is 0 Å². The van der Waals surface area contributed by atoms with Crippen LogP contribution in [-0.2, 0) is 5.41 Å². The first-order valence-electron chi connectivity index (χ1n) is 7.66. The fourth-order valence-corrected chi connectivity index (χ4v) is 2.77. The van der Waals surface area contributed by atoms with Gasteiger partial charge in [-0.1, -0.05) is 20.8 Å². The minimum absolute atomic E-state index is 0.0995. The van der Waals surface area contributed by atoms with Crippen molar-refractivity contribution in [2.24, 2.45) is 0 Å². The van der Waals surface area contributed by atoms with Gasteiger partial charge in [0.2, 0.25) is 0 Å². The molecule has 1 saturated carbocycles. The van der Waals surface area contributed by atoms with Gasteiger partial charge in [0, 0.05) is 17.2 Å². The molecule has 0 amide bonds. The highest BCUT2D eigenvalue weighted by Gasteiger charge is 2.23. The van der Waals surface area contributed by atoms with Crippen LogP contribution in [0.1, 0.15) is 52.1 Å². The third kappa shape index (κ3) is 3.95. The van der Waals surface area contributed by atoms with E-state index in [4.69, 9.17) is 4.74 Å². The molecule has 1 heterocycles. The van der Waals surface area contributed by atoms with Gasteiger partial charge in [-0.15, -0.1) is 0 Å². The minimum Gasteiger partial charge on any atom is -0.489 e. The molecule has 1 aromatic heterocycles. The lowest BCUT2D eigenvalue weighted by Gasteiger charge is -2.32. The zero-order valence-corrected chi connectivity index (χ0v) is 13.5. The van der Waals surface area contributed by atoms with E-state index in [1.807, 2.05) is 6.20 Å². The number of hydrogen-bond donors (Lipinski definition) is 0. The van der Waals surface area contributed by atoms with E-state index in [0.29, 0.717) is 6.10 Å². The summed E-state index contributed by atoms with van der Waals surface area (Å²) in [5.41, 5.74) is 1.21. The lowest BCUT2D eigenvalue weighted by molar-refractivity contribution is 0.111.